The maximum Gasteiger partial charge on any atom is 0.333 e. The Hall–Kier alpha value is -2.35. The summed E-state index contributed by atoms with van der Waals surface area (Å²) in [7, 11) is 2.52. The molecule has 0 radical (unpaired) electrons. The summed E-state index contributed by atoms with van der Waals surface area (Å²) >= 11 is 0. The van der Waals surface area contributed by atoms with E-state index >= 15 is 0 Å². The van der Waals surface area contributed by atoms with Crippen LogP contribution in [0.15, 0.2) is 11.6 Å². The lowest BCUT2D eigenvalue weighted by Gasteiger charge is -2.15. The molecule has 0 unspecified atom stereocenters. The Morgan fingerprint density at radius 3 is 2.13 bits per heavy atom. The van der Waals surface area contributed by atoms with E-state index < -0.39 is 59.5 Å². The highest BCUT2D eigenvalue weighted by Crippen LogP contribution is 2.60. The van der Waals surface area contributed by atoms with Crippen LogP contribution in [0.5, 0.6) is 0 Å². The standard InChI is InChI=1S/C22H27F3O5/c1-7-12-13(18(24)19(25)14(9-28-5)17(12)23)10-30-21(27)16-15(22(16,3)4)8-11(2)20(26)29-6/h8,15-16H,7,9-10H2,1-6H3/b11-8+/t15-,16+/m1/s1. The van der Waals surface area contributed by atoms with Gasteiger partial charge in [-0.1, -0.05) is 26.8 Å². The molecule has 1 aliphatic carbocycles. The Kier molecular flexibility index (Phi) is 7.34. The average Bonchev–Trinajstić information content (AvgIpc) is 3.25. The number of ether oxygens (including phenoxy) is 3. The predicted octanol–water partition coefficient (Wildman–Crippen LogP) is 4.25. The molecule has 0 bridgehead atoms. The fraction of sp³-hybridized carbons (Fsp3) is 0.545. The highest BCUT2D eigenvalue weighted by atomic mass is 19.2. The molecule has 1 fully saturated rings. The molecule has 0 aromatic heterocycles. The number of allylic oxidation sites excluding steroid dienone is 1. The van der Waals surface area contributed by atoms with Crippen LogP contribution in [0.3, 0.4) is 0 Å². The zero-order valence-electron chi connectivity index (χ0n) is 18.0. The lowest BCUT2D eigenvalue weighted by Crippen LogP contribution is -2.15. The highest BCUT2D eigenvalue weighted by Gasteiger charge is 2.61. The van der Waals surface area contributed by atoms with Crippen LogP contribution in [0.4, 0.5) is 13.2 Å². The van der Waals surface area contributed by atoms with Gasteiger partial charge in [-0.15, -0.1) is 0 Å². The summed E-state index contributed by atoms with van der Waals surface area (Å²) in [5.74, 6) is -5.45. The largest absolute Gasteiger partial charge is 0.466 e. The molecule has 0 amide bonds. The summed E-state index contributed by atoms with van der Waals surface area (Å²) in [4.78, 5) is 24.2. The number of carbonyl (C=O) groups is 2. The molecular formula is C22H27F3O5. The number of esters is 2. The molecule has 0 saturated heterocycles. The minimum atomic E-state index is -1.35. The molecule has 30 heavy (non-hydrogen) atoms. The quantitative estimate of drug-likeness (QED) is 0.352. The van der Waals surface area contributed by atoms with E-state index in [1.807, 2.05) is 13.8 Å². The number of halogens is 3. The number of hydrogen-bond donors (Lipinski definition) is 0. The minimum absolute atomic E-state index is 0.0539. The maximum atomic E-state index is 14.6. The van der Waals surface area contributed by atoms with Crippen molar-refractivity contribution in [3.05, 3.63) is 45.8 Å². The van der Waals surface area contributed by atoms with Crippen molar-refractivity contribution in [2.75, 3.05) is 14.2 Å². The first-order chi connectivity index (χ1) is 14.0. The summed E-state index contributed by atoms with van der Waals surface area (Å²) in [5, 5.41) is 0. The summed E-state index contributed by atoms with van der Waals surface area (Å²) in [6, 6.07) is 0. The van der Waals surface area contributed by atoms with Crippen LogP contribution in [0.1, 0.15) is 44.4 Å². The molecule has 1 aromatic rings. The molecule has 0 heterocycles. The van der Waals surface area contributed by atoms with Gasteiger partial charge in [-0.25, -0.2) is 18.0 Å². The second-order valence-corrected chi connectivity index (χ2v) is 7.94. The zero-order valence-corrected chi connectivity index (χ0v) is 18.0. The van der Waals surface area contributed by atoms with Gasteiger partial charge >= 0.3 is 11.9 Å². The van der Waals surface area contributed by atoms with E-state index in [0.717, 1.165) is 0 Å². The van der Waals surface area contributed by atoms with Gasteiger partial charge in [0.1, 0.15) is 12.4 Å². The first kappa shape index (κ1) is 23.9. The molecule has 2 rings (SSSR count). The third-order valence-electron chi connectivity index (χ3n) is 5.72. The van der Waals surface area contributed by atoms with E-state index in [0.29, 0.717) is 5.57 Å². The normalized spacial score (nSPS) is 20.1. The van der Waals surface area contributed by atoms with Crippen LogP contribution in [0.25, 0.3) is 0 Å². The lowest BCUT2D eigenvalue weighted by molar-refractivity contribution is -0.147. The van der Waals surface area contributed by atoms with E-state index in [1.165, 1.54) is 14.2 Å². The van der Waals surface area contributed by atoms with Crippen molar-refractivity contribution in [1.29, 1.82) is 0 Å². The summed E-state index contributed by atoms with van der Waals surface area (Å²) in [6.45, 7) is 5.85. The van der Waals surface area contributed by atoms with Gasteiger partial charge in [-0.05, 0) is 30.2 Å². The fourth-order valence-corrected chi connectivity index (χ4v) is 3.77. The number of carbonyl (C=O) groups excluding carboxylic acids is 2. The summed E-state index contributed by atoms with van der Waals surface area (Å²) in [6.07, 6.45) is 1.74. The molecular weight excluding hydrogens is 401 g/mol. The molecule has 0 spiro atoms. The molecule has 8 heteroatoms. The van der Waals surface area contributed by atoms with Crippen molar-refractivity contribution in [2.45, 2.75) is 47.3 Å². The molecule has 5 nitrogen and oxygen atoms in total. The number of benzene rings is 1. The molecule has 1 saturated carbocycles. The van der Waals surface area contributed by atoms with Gasteiger partial charge in [-0.2, -0.15) is 0 Å². The van der Waals surface area contributed by atoms with E-state index in [2.05, 4.69) is 4.74 Å². The Morgan fingerprint density at radius 1 is 1.00 bits per heavy atom. The third-order valence-corrected chi connectivity index (χ3v) is 5.72. The van der Waals surface area contributed by atoms with Crippen molar-refractivity contribution in [3.8, 4) is 0 Å². The van der Waals surface area contributed by atoms with Crippen LogP contribution in [0, 0.1) is 34.7 Å². The van der Waals surface area contributed by atoms with Crippen molar-refractivity contribution in [3.63, 3.8) is 0 Å². The summed E-state index contributed by atoms with van der Waals surface area (Å²) in [5.41, 5.74) is -0.979. The SMILES string of the molecule is CCc1c(F)c(COC)c(F)c(F)c1COC(=O)[C@@H]1[C@@H](/C=C(\C)C(=O)OC)C1(C)C. The zero-order chi connectivity index (χ0) is 22.8. The second-order valence-electron chi connectivity index (χ2n) is 7.94. The van der Waals surface area contributed by atoms with Crippen LogP contribution in [-0.2, 0) is 43.4 Å². The van der Waals surface area contributed by atoms with Gasteiger partial charge in [0, 0.05) is 18.2 Å². The molecule has 166 valence electrons. The molecule has 2 atom stereocenters. The van der Waals surface area contributed by atoms with Crippen LogP contribution in [-0.4, -0.2) is 26.2 Å². The third kappa shape index (κ3) is 4.38. The second kappa shape index (κ2) is 9.20. The average molecular weight is 428 g/mol. The van der Waals surface area contributed by atoms with Crippen molar-refractivity contribution in [2.24, 2.45) is 17.3 Å². The van der Waals surface area contributed by atoms with E-state index in [9.17, 15) is 22.8 Å². The van der Waals surface area contributed by atoms with Crippen LogP contribution in [0.2, 0.25) is 0 Å². The van der Waals surface area contributed by atoms with Crippen LogP contribution < -0.4 is 0 Å². The van der Waals surface area contributed by atoms with Gasteiger partial charge in [0.05, 0.1) is 25.2 Å². The first-order valence-electron chi connectivity index (χ1n) is 9.62. The fourth-order valence-electron chi connectivity index (χ4n) is 3.77. The van der Waals surface area contributed by atoms with Crippen molar-refractivity contribution >= 4 is 11.9 Å². The summed E-state index contributed by atoms with van der Waals surface area (Å²) < 4.78 is 58.1. The molecule has 0 aliphatic heterocycles. The molecule has 1 aliphatic rings. The number of methoxy groups -OCH3 is 2. The Labute approximate surface area is 174 Å². The van der Waals surface area contributed by atoms with Gasteiger partial charge in [0.2, 0.25) is 0 Å². The van der Waals surface area contributed by atoms with Gasteiger partial charge < -0.3 is 14.2 Å². The predicted molar refractivity (Wildman–Crippen MR) is 103 cm³/mol. The van der Waals surface area contributed by atoms with E-state index in [-0.39, 0.29) is 23.5 Å². The van der Waals surface area contributed by atoms with E-state index in [4.69, 9.17) is 9.47 Å². The van der Waals surface area contributed by atoms with E-state index in [1.54, 1.807) is 19.9 Å². The van der Waals surface area contributed by atoms with Crippen LogP contribution >= 0.6 is 0 Å². The lowest BCUT2D eigenvalue weighted by atomic mass is 10.00. The van der Waals surface area contributed by atoms with Gasteiger partial charge in [0.15, 0.2) is 11.6 Å². The first-order valence-corrected chi connectivity index (χ1v) is 9.62. The smallest absolute Gasteiger partial charge is 0.333 e. The number of hydrogen-bond acceptors (Lipinski definition) is 5. The Balaban J connectivity index is 2.22. The molecule has 1 aromatic carbocycles. The van der Waals surface area contributed by atoms with Gasteiger partial charge in [-0.3, -0.25) is 4.79 Å². The highest BCUT2D eigenvalue weighted by molar-refractivity contribution is 5.88. The minimum Gasteiger partial charge on any atom is -0.466 e. The Bertz CT molecular complexity index is 876. The number of rotatable bonds is 8. The van der Waals surface area contributed by atoms with Crippen molar-refractivity contribution in [1.82, 2.24) is 0 Å². The van der Waals surface area contributed by atoms with Gasteiger partial charge in [0.25, 0.3) is 0 Å². The molecule has 0 N–H and O–H groups in total. The van der Waals surface area contributed by atoms with Crippen molar-refractivity contribution < 1.29 is 37.0 Å². The Morgan fingerprint density at radius 2 is 1.60 bits per heavy atom. The monoisotopic (exact) mass is 428 g/mol. The topological polar surface area (TPSA) is 61.8 Å². The maximum absolute atomic E-state index is 14.6.